The normalized spacial score (nSPS) is 14.4. The average Bonchev–Trinajstić information content (AvgIpc) is 3.15. The summed E-state index contributed by atoms with van der Waals surface area (Å²) in [4.78, 5) is 0. The Labute approximate surface area is 156 Å². The molecule has 27 heavy (non-hydrogen) atoms. The zero-order valence-corrected chi connectivity index (χ0v) is 14.4. The van der Waals surface area contributed by atoms with Crippen molar-refractivity contribution < 1.29 is 10.2 Å². The molecule has 0 radical (unpaired) electrons. The first-order valence-electron chi connectivity index (χ1n) is 8.74. The number of nitrogens with zero attached hydrogens (tertiary/aromatic N) is 2. The molecule has 0 aromatic heterocycles. The van der Waals surface area contributed by atoms with Gasteiger partial charge in [-0.25, -0.2) is 0 Å². The van der Waals surface area contributed by atoms with E-state index in [1.807, 2.05) is 72.8 Å². The largest absolute Gasteiger partial charge is 0.507 e. The Bertz CT molecular complexity index is 1150. The molecule has 4 aromatic carbocycles. The van der Waals surface area contributed by atoms with Crippen LogP contribution in [0, 0.1) is 0 Å². The quantitative estimate of drug-likeness (QED) is 0.459. The molecule has 0 saturated carbocycles. The predicted octanol–water partition coefficient (Wildman–Crippen LogP) is 5.64. The van der Waals surface area contributed by atoms with Crippen molar-refractivity contribution >= 4 is 16.5 Å². The highest BCUT2D eigenvalue weighted by atomic mass is 16.3. The smallest absolute Gasteiger partial charge is 0.163 e. The molecule has 0 aliphatic carbocycles. The second-order valence-corrected chi connectivity index (χ2v) is 6.61. The molecule has 0 amide bonds. The van der Waals surface area contributed by atoms with Crippen LogP contribution in [0.15, 0.2) is 95.2 Å². The minimum Gasteiger partial charge on any atom is -0.507 e. The highest BCUT2D eigenvalue weighted by Gasteiger charge is 2.46. The monoisotopic (exact) mass is 352 g/mol. The number of phenols is 2. The fourth-order valence-corrected chi connectivity index (χ4v) is 3.93. The van der Waals surface area contributed by atoms with Crippen molar-refractivity contribution in [2.24, 2.45) is 10.2 Å². The van der Waals surface area contributed by atoms with Crippen LogP contribution in [0.2, 0.25) is 0 Å². The molecule has 0 saturated heterocycles. The molecule has 0 atom stereocenters. The number of benzene rings is 4. The zero-order chi connectivity index (χ0) is 18.4. The molecule has 130 valence electrons. The zero-order valence-electron chi connectivity index (χ0n) is 14.4. The van der Waals surface area contributed by atoms with E-state index in [9.17, 15) is 10.2 Å². The van der Waals surface area contributed by atoms with Gasteiger partial charge in [0.25, 0.3) is 0 Å². The second-order valence-electron chi connectivity index (χ2n) is 6.61. The van der Waals surface area contributed by atoms with Crippen molar-refractivity contribution in [1.29, 1.82) is 0 Å². The van der Waals surface area contributed by atoms with E-state index in [1.54, 1.807) is 12.1 Å². The molecule has 0 bridgehead atoms. The maximum Gasteiger partial charge on any atom is 0.163 e. The Kier molecular flexibility index (Phi) is 3.28. The van der Waals surface area contributed by atoms with Crippen molar-refractivity contribution in [2.75, 3.05) is 0 Å². The van der Waals surface area contributed by atoms with Gasteiger partial charge in [-0.3, -0.25) is 0 Å². The van der Waals surface area contributed by atoms with Crippen LogP contribution in [-0.4, -0.2) is 10.2 Å². The number of azo groups is 1. The summed E-state index contributed by atoms with van der Waals surface area (Å²) in [5.41, 5.74) is 1.58. The summed E-state index contributed by atoms with van der Waals surface area (Å²) in [6.45, 7) is 0. The van der Waals surface area contributed by atoms with Crippen LogP contribution < -0.4 is 0 Å². The molecule has 4 nitrogen and oxygen atoms in total. The third-order valence-corrected chi connectivity index (χ3v) is 5.18. The topological polar surface area (TPSA) is 65.2 Å². The summed E-state index contributed by atoms with van der Waals surface area (Å²) >= 11 is 0. The Balaban J connectivity index is 1.95. The Hall–Kier alpha value is -3.66. The lowest BCUT2D eigenvalue weighted by Crippen LogP contribution is -2.24. The molecule has 1 aliphatic rings. The number of hydrogen-bond donors (Lipinski definition) is 2. The van der Waals surface area contributed by atoms with E-state index in [0.717, 1.165) is 11.1 Å². The standard InChI is InChI=1S/C23H16N2O2/c26-21-17-13-7-8-14-18(17)22(27)20-19(21)23(25-24-20,15-9-3-1-4-10-15)16-11-5-2-6-12-16/h1-14,26-27H. The molecule has 4 heteroatoms. The van der Waals surface area contributed by atoms with Gasteiger partial charge in [0.2, 0.25) is 0 Å². The highest BCUT2D eigenvalue weighted by molar-refractivity contribution is 6.00. The summed E-state index contributed by atoms with van der Waals surface area (Å²) in [7, 11) is 0. The predicted molar refractivity (Wildman–Crippen MR) is 105 cm³/mol. The van der Waals surface area contributed by atoms with Crippen molar-refractivity contribution in [3.8, 4) is 11.5 Å². The van der Waals surface area contributed by atoms with Crippen molar-refractivity contribution in [3.05, 3.63) is 102 Å². The van der Waals surface area contributed by atoms with E-state index in [1.165, 1.54) is 0 Å². The van der Waals surface area contributed by atoms with Gasteiger partial charge in [0.05, 0.1) is 5.56 Å². The Morgan fingerprint density at radius 2 is 1.07 bits per heavy atom. The van der Waals surface area contributed by atoms with E-state index in [4.69, 9.17) is 0 Å². The van der Waals surface area contributed by atoms with Crippen molar-refractivity contribution in [3.63, 3.8) is 0 Å². The number of hydrogen-bond acceptors (Lipinski definition) is 4. The van der Waals surface area contributed by atoms with E-state index < -0.39 is 5.54 Å². The molecule has 5 rings (SSSR count). The van der Waals surface area contributed by atoms with E-state index in [0.29, 0.717) is 22.0 Å². The number of rotatable bonds is 2. The van der Waals surface area contributed by atoms with Gasteiger partial charge < -0.3 is 10.2 Å². The second kappa shape index (κ2) is 5.68. The molecule has 2 N–H and O–H groups in total. The maximum absolute atomic E-state index is 11.2. The van der Waals surface area contributed by atoms with Gasteiger partial charge in [-0.1, -0.05) is 84.9 Å². The third kappa shape index (κ3) is 2.04. The van der Waals surface area contributed by atoms with Gasteiger partial charge in [0.15, 0.2) is 11.3 Å². The first-order chi connectivity index (χ1) is 13.2. The van der Waals surface area contributed by atoms with Gasteiger partial charge in [-0.15, -0.1) is 5.11 Å². The summed E-state index contributed by atoms with van der Waals surface area (Å²) in [5.74, 6) is 0.131. The van der Waals surface area contributed by atoms with Gasteiger partial charge in [-0.2, -0.15) is 5.11 Å². The summed E-state index contributed by atoms with van der Waals surface area (Å²) in [6, 6.07) is 26.7. The lowest BCUT2D eigenvalue weighted by molar-refractivity contribution is 0.458. The molecule has 1 aliphatic heterocycles. The Morgan fingerprint density at radius 1 is 0.593 bits per heavy atom. The van der Waals surface area contributed by atoms with Crippen LogP contribution in [-0.2, 0) is 5.54 Å². The molecular formula is C23H16N2O2. The van der Waals surface area contributed by atoms with E-state index in [2.05, 4.69) is 10.2 Å². The van der Waals surface area contributed by atoms with Crippen LogP contribution in [0.1, 0.15) is 16.7 Å². The number of phenolic OH excluding ortho intramolecular Hbond substituents is 2. The lowest BCUT2D eigenvalue weighted by Gasteiger charge is -2.28. The fraction of sp³-hybridized carbons (Fsp3) is 0.0435. The van der Waals surface area contributed by atoms with Gasteiger partial charge in [0.1, 0.15) is 11.4 Å². The maximum atomic E-state index is 11.2. The summed E-state index contributed by atoms with van der Waals surface area (Å²) in [5, 5.41) is 32.2. The fourth-order valence-electron chi connectivity index (χ4n) is 3.93. The van der Waals surface area contributed by atoms with E-state index in [-0.39, 0.29) is 11.5 Å². The molecule has 4 aromatic rings. The van der Waals surface area contributed by atoms with Crippen LogP contribution >= 0.6 is 0 Å². The molecule has 0 unspecified atom stereocenters. The first-order valence-corrected chi connectivity index (χ1v) is 8.74. The number of fused-ring (bicyclic) bond motifs is 2. The molecule has 1 heterocycles. The van der Waals surface area contributed by atoms with Crippen LogP contribution in [0.4, 0.5) is 5.69 Å². The first kappa shape index (κ1) is 15.6. The highest BCUT2D eigenvalue weighted by Crippen LogP contribution is 2.58. The average molecular weight is 352 g/mol. The Morgan fingerprint density at radius 3 is 1.63 bits per heavy atom. The van der Waals surface area contributed by atoms with Crippen molar-refractivity contribution in [2.45, 2.75) is 5.54 Å². The van der Waals surface area contributed by atoms with Crippen LogP contribution in [0.25, 0.3) is 10.8 Å². The summed E-state index contributed by atoms with van der Waals surface area (Å²) in [6.07, 6.45) is 0. The SMILES string of the molecule is Oc1c2c(c(O)c3ccccc13)C(c1ccccc1)(c1ccccc1)N=N2. The van der Waals surface area contributed by atoms with Gasteiger partial charge in [-0.05, 0) is 11.1 Å². The number of aromatic hydroxyl groups is 2. The van der Waals surface area contributed by atoms with Crippen molar-refractivity contribution in [1.82, 2.24) is 0 Å². The van der Waals surface area contributed by atoms with Crippen LogP contribution in [0.3, 0.4) is 0 Å². The van der Waals surface area contributed by atoms with E-state index >= 15 is 0 Å². The molecule has 0 spiro atoms. The lowest BCUT2D eigenvalue weighted by atomic mass is 9.76. The van der Waals surface area contributed by atoms with Gasteiger partial charge in [0, 0.05) is 10.8 Å². The molecular weight excluding hydrogens is 336 g/mol. The summed E-state index contributed by atoms with van der Waals surface area (Å²) < 4.78 is 0. The van der Waals surface area contributed by atoms with Crippen LogP contribution in [0.5, 0.6) is 11.5 Å². The minimum absolute atomic E-state index is 0.0379. The third-order valence-electron chi connectivity index (χ3n) is 5.18. The molecule has 0 fully saturated rings. The minimum atomic E-state index is -1.01. The van der Waals surface area contributed by atoms with Gasteiger partial charge >= 0.3 is 0 Å².